The van der Waals surface area contributed by atoms with E-state index in [1.54, 1.807) is 19.2 Å². The lowest BCUT2D eigenvalue weighted by atomic mass is 9.83. The van der Waals surface area contributed by atoms with E-state index < -0.39 is 53.1 Å². The van der Waals surface area contributed by atoms with Crippen molar-refractivity contribution in [1.29, 1.82) is 0 Å². The van der Waals surface area contributed by atoms with Crippen LogP contribution in [0.3, 0.4) is 0 Å². The van der Waals surface area contributed by atoms with Crippen LogP contribution in [0.15, 0.2) is 54.7 Å². The Morgan fingerprint density at radius 3 is 2.48 bits per heavy atom. The number of pyridine rings is 1. The molecule has 4 aromatic rings. The summed E-state index contributed by atoms with van der Waals surface area (Å²) in [5.74, 6) is -2.24. The van der Waals surface area contributed by atoms with Crippen LogP contribution in [0.4, 0.5) is 0 Å². The number of cyclic esters (lactones) is 1. The van der Waals surface area contributed by atoms with Crippen molar-refractivity contribution in [1.82, 2.24) is 44.9 Å². The van der Waals surface area contributed by atoms with Crippen molar-refractivity contribution in [3.8, 4) is 28.1 Å². The van der Waals surface area contributed by atoms with Crippen molar-refractivity contribution >= 4 is 46.4 Å². The fourth-order valence-corrected chi connectivity index (χ4v) is 11.1. The molecular formula is C56H75N9O8. The number of ether oxygens (including phenoxy) is 1. The van der Waals surface area contributed by atoms with Crippen LogP contribution in [0, 0.1) is 11.3 Å². The summed E-state index contributed by atoms with van der Waals surface area (Å²) in [4.78, 5) is 94.3. The third kappa shape index (κ3) is 11.7. The van der Waals surface area contributed by atoms with Crippen LogP contribution in [0.5, 0.6) is 5.75 Å². The minimum Gasteiger partial charge on any atom is -0.508 e. The number of hydrogen-bond donors (Lipinski definition) is 3. The van der Waals surface area contributed by atoms with Gasteiger partial charge in [-0.3, -0.25) is 43.7 Å². The second-order valence-electron chi connectivity index (χ2n) is 22.0. The molecule has 17 heteroatoms. The van der Waals surface area contributed by atoms with E-state index in [9.17, 15) is 33.9 Å². The van der Waals surface area contributed by atoms with Gasteiger partial charge in [-0.2, -0.15) is 0 Å². The summed E-state index contributed by atoms with van der Waals surface area (Å²) in [6, 6.07) is 12.2. The largest absolute Gasteiger partial charge is 0.508 e. The number of carbonyl (C=O) groups excluding carboxylic acids is 6. The maximum absolute atomic E-state index is 14.8. The second kappa shape index (κ2) is 22.0. The lowest BCUT2D eigenvalue weighted by Gasteiger charge is -2.37. The van der Waals surface area contributed by atoms with Gasteiger partial charge in [0, 0.05) is 94.3 Å². The lowest BCUT2D eigenvalue weighted by molar-refractivity contribution is -0.155. The van der Waals surface area contributed by atoms with Crippen LogP contribution in [0.1, 0.15) is 103 Å². The number of aromatic hydroxyl groups is 1. The molecular weight excluding hydrogens is 927 g/mol. The predicted molar refractivity (Wildman–Crippen MR) is 279 cm³/mol. The number of fused-ring (bicyclic) bond motifs is 6. The molecule has 0 spiro atoms. The molecule has 0 saturated carbocycles. The molecule has 0 aliphatic carbocycles. The number of amides is 5. The number of rotatable bonds is 14. The standard InChI is InChI=1S/C56H75N9O8/c1-10-64-45-19-18-37-29-41(45)42(51(64)40-15-11-20-57-49(40)34(2)3)30-56(6,7)33-73-55(72)43-16-12-24-65(59-43)53(70)44(27-36-25-38(37)28-39(66)26-36)58-52(69)50(35(4)5)61(9)48(68)32-60(8)54(71)46-31-63(46)23-14-22-62-21-13-17-47(62)67/h11,15,18-20,25-26,28-29,34-35,43-44,46,50,59,66H,10,12-14,16-17,21-24,27,30-33H2,1-9H3,(H,58,69)/t43-,44-,46-,50-,63?/m0/s1. The Hall–Kier alpha value is -6.33. The molecule has 3 N–H and O–H groups in total. The molecule has 8 rings (SSSR count). The van der Waals surface area contributed by atoms with Crippen molar-refractivity contribution in [3.05, 3.63) is 71.5 Å². The van der Waals surface area contributed by atoms with Gasteiger partial charge in [0.2, 0.25) is 23.6 Å². The van der Waals surface area contributed by atoms with E-state index in [2.05, 4.69) is 68.1 Å². The number of phenolic OH excluding ortho intramolecular Hbond substituents is 1. The lowest BCUT2D eigenvalue weighted by Crippen LogP contribution is -2.62. The molecule has 3 fully saturated rings. The van der Waals surface area contributed by atoms with Crippen LogP contribution in [0.25, 0.3) is 33.3 Å². The Morgan fingerprint density at radius 1 is 0.986 bits per heavy atom. The van der Waals surface area contributed by atoms with E-state index >= 15 is 0 Å². The van der Waals surface area contributed by atoms with E-state index in [0.29, 0.717) is 57.4 Å². The molecule has 5 amide bonds. The maximum atomic E-state index is 14.8. The van der Waals surface area contributed by atoms with Gasteiger partial charge in [0.25, 0.3) is 5.91 Å². The first-order valence-electron chi connectivity index (χ1n) is 26.3. The number of hydrazine groups is 1. The SMILES string of the molecule is CCn1c(-c2cccnc2C(C)C)c2c3cc(ccc31)-c1cc(O)cc(c1)C[C@H](NC(=O)[C@H](C(C)C)N(C)C(=O)CN(C)C(=O)[C@@H]1CN1CCCN1CCCC1=O)C(=O)N1CCC[C@H](N1)C(=O)OCC(C)(C)C2. The van der Waals surface area contributed by atoms with Crippen LogP contribution in [0.2, 0.25) is 0 Å². The highest BCUT2D eigenvalue weighted by Crippen LogP contribution is 2.42. The fraction of sp³-hybridized carbons (Fsp3) is 0.554. The number of aryl methyl sites for hydroxylation is 1. The first-order valence-corrected chi connectivity index (χ1v) is 26.3. The fourth-order valence-electron chi connectivity index (χ4n) is 11.1. The Bertz CT molecular complexity index is 2750. The molecule has 73 heavy (non-hydrogen) atoms. The smallest absolute Gasteiger partial charge is 0.324 e. The van der Waals surface area contributed by atoms with Gasteiger partial charge in [-0.1, -0.05) is 53.7 Å². The molecule has 0 radical (unpaired) electrons. The topological polar surface area (TPSA) is 190 Å². The van der Waals surface area contributed by atoms with Gasteiger partial charge in [0.1, 0.15) is 29.9 Å². The molecule has 4 aliphatic heterocycles. The number of aromatic nitrogens is 2. The summed E-state index contributed by atoms with van der Waals surface area (Å²) in [6.07, 6.45) is 5.55. The predicted octanol–water partition coefficient (Wildman–Crippen LogP) is 5.51. The van der Waals surface area contributed by atoms with Gasteiger partial charge in [-0.25, -0.2) is 5.43 Å². The van der Waals surface area contributed by atoms with E-state index in [4.69, 9.17) is 9.72 Å². The first kappa shape index (κ1) is 53.0. The highest BCUT2D eigenvalue weighted by molar-refractivity contribution is 5.96. The van der Waals surface area contributed by atoms with Crippen molar-refractivity contribution in [3.63, 3.8) is 0 Å². The Labute approximate surface area is 429 Å². The van der Waals surface area contributed by atoms with Gasteiger partial charge >= 0.3 is 5.97 Å². The van der Waals surface area contributed by atoms with Crippen LogP contribution in [-0.4, -0.2) is 159 Å². The highest BCUT2D eigenvalue weighted by Gasteiger charge is 2.43. The van der Waals surface area contributed by atoms with Gasteiger partial charge in [0.15, 0.2) is 0 Å². The quantitative estimate of drug-likeness (QED) is 0.107. The summed E-state index contributed by atoms with van der Waals surface area (Å²) in [6.45, 7) is 17.7. The minimum absolute atomic E-state index is 0.0134. The number of hydrogen-bond acceptors (Lipinski definition) is 11. The molecule has 6 heterocycles. The monoisotopic (exact) mass is 1000 g/mol. The van der Waals surface area contributed by atoms with Gasteiger partial charge in [-0.15, -0.1) is 0 Å². The Balaban J connectivity index is 1.08. The molecule has 1 unspecified atom stereocenters. The molecule has 2 aromatic heterocycles. The van der Waals surface area contributed by atoms with Gasteiger partial charge in [0.05, 0.1) is 24.5 Å². The number of nitrogens with zero attached hydrogens (tertiary/aromatic N) is 7. The summed E-state index contributed by atoms with van der Waals surface area (Å²) in [5.41, 5.74) is 9.97. The third-order valence-corrected chi connectivity index (χ3v) is 15.0. The average molecular weight is 1000 g/mol. The van der Waals surface area contributed by atoms with E-state index in [1.165, 1.54) is 21.9 Å². The Kier molecular flexibility index (Phi) is 16.0. The highest BCUT2D eigenvalue weighted by atomic mass is 16.5. The molecule has 3 saturated heterocycles. The summed E-state index contributed by atoms with van der Waals surface area (Å²) < 4.78 is 8.45. The number of likely N-dealkylation sites (tertiary alicyclic amines) is 1. The molecule has 2 aromatic carbocycles. The summed E-state index contributed by atoms with van der Waals surface area (Å²) in [5, 5.41) is 16.8. The maximum Gasteiger partial charge on any atom is 0.324 e. The van der Waals surface area contributed by atoms with Crippen LogP contribution < -0.4 is 10.7 Å². The van der Waals surface area contributed by atoms with Crippen molar-refractivity contribution in [2.75, 3.05) is 60.0 Å². The number of carbonyl (C=O) groups is 6. The number of esters is 1. The van der Waals surface area contributed by atoms with Crippen molar-refractivity contribution < 1.29 is 38.6 Å². The zero-order chi connectivity index (χ0) is 52.5. The normalized spacial score (nSPS) is 21.5. The summed E-state index contributed by atoms with van der Waals surface area (Å²) in [7, 11) is 3.11. The number of benzene rings is 2. The molecule has 5 atom stereocenters. The molecule has 6 bridgehead atoms. The van der Waals surface area contributed by atoms with E-state index in [-0.39, 0.29) is 55.6 Å². The average Bonchev–Trinajstić information content (AvgIpc) is 3.91. The molecule has 17 nitrogen and oxygen atoms in total. The van der Waals surface area contributed by atoms with E-state index in [0.717, 1.165) is 63.9 Å². The second-order valence-corrected chi connectivity index (χ2v) is 22.0. The number of likely N-dealkylation sites (N-methyl/N-ethyl adjacent to an activating group) is 2. The third-order valence-electron chi connectivity index (χ3n) is 15.0. The Morgan fingerprint density at radius 2 is 1.77 bits per heavy atom. The number of nitrogens with one attached hydrogen (secondary N) is 2. The van der Waals surface area contributed by atoms with Crippen molar-refractivity contribution in [2.24, 2.45) is 11.3 Å². The summed E-state index contributed by atoms with van der Waals surface area (Å²) >= 11 is 0. The van der Waals surface area contributed by atoms with Gasteiger partial charge in [-0.05, 0) is 110 Å². The van der Waals surface area contributed by atoms with E-state index in [1.807, 2.05) is 48.0 Å². The first-order chi connectivity index (χ1) is 34.7. The molecule has 392 valence electrons. The van der Waals surface area contributed by atoms with Crippen LogP contribution >= 0.6 is 0 Å². The zero-order valence-electron chi connectivity index (χ0n) is 44.2. The molecule has 4 aliphatic rings. The minimum atomic E-state index is -1.19. The van der Waals surface area contributed by atoms with Crippen LogP contribution in [-0.2, 0) is 52.9 Å². The number of phenols is 1. The zero-order valence-corrected chi connectivity index (χ0v) is 44.2. The van der Waals surface area contributed by atoms with Crippen molar-refractivity contribution in [2.45, 2.75) is 130 Å². The van der Waals surface area contributed by atoms with Gasteiger partial charge < -0.3 is 34.4 Å².